The van der Waals surface area contributed by atoms with Gasteiger partial charge in [-0.15, -0.1) is 0 Å². The number of halogens is 1. The van der Waals surface area contributed by atoms with Gasteiger partial charge in [0.15, 0.2) is 0 Å². The molecule has 1 atom stereocenters. The quantitative estimate of drug-likeness (QED) is 0.642. The summed E-state index contributed by atoms with van der Waals surface area (Å²) in [4.78, 5) is 0. The maximum atomic E-state index is 5.86. The zero-order valence-electron chi connectivity index (χ0n) is 7.33. The molecule has 0 amide bonds. The van der Waals surface area contributed by atoms with Crippen LogP contribution in [-0.4, -0.2) is 6.54 Å². The van der Waals surface area contributed by atoms with Gasteiger partial charge in [-0.1, -0.05) is 11.6 Å². The van der Waals surface area contributed by atoms with Crippen LogP contribution in [0.2, 0.25) is 5.02 Å². The van der Waals surface area contributed by atoms with Crippen LogP contribution in [0.25, 0.3) is 0 Å². The first-order chi connectivity index (χ1) is 6.15. The molecule has 0 unspecified atom stereocenters. The molecule has 0 radical (unpaired) electrons. The van der Waals surface area contributed by atoms with E-state index in [0.29, 0.717) is 23.7 Å². The van der Waals surface area contributed by atoms with Gasteiger partial charge in [0.2, 0.25) is 0 Å². The maximum Gasteiger partial charge on any atom is 0.0410 e. The Balaban J connectivity index is 2.91. The van der Waals surface area contributed by atoms with E-state index in [2.05, 4.69) is 0 Å². The topological polar surface area (TPSA) is 78.1 Å². The second-order valence-corrected chi connectivity index (χ2v) is 3.39. The molecule has 1 aromatic rings. The number of hydrogen-bond acceptors (Lipinski definition) is 3. The molecule has 0 aliphatic heterocycles. The van der Waals surface area contributed by atoms with E-state index in [-0.39, 0.29) is 6.04 Å². The molecular formula is C9H14ClN3. The summed E-state index contributed by atoms with van der Waals surface area (Å²) in [7, 11) is 0. The van der Waals surface area contributed by atoms with Gasteiger partial charge in [0.05, 0.1) is 0 Å². The second-order valence-electron chi connectivity index (χ2n) is 2.96. The van der Waals surface area contributed by atoms with Crippen molar-refractivity contribution >= 4 is 17.3 Å². The molecule has 0 bridgehead atoms. The Morgan fingerprint density at radius 3 is 2.69 bits per heavy atom. The fourth-order valence-corrected chi connectivity index (χ4v) is 1.38. The first kappa shape index (κ1) is 10.3. The lowest BCUT2D eigenvalue weighted by atomic mass is 10.0. The summed E-state index contributed by atoms with van der Waals surface area (Å²) in [6.07, 6.45) is 0.713. The highest BCUT2D eigenvalue weighted by atomic mass is 35.5. The van der Waals surface area contributed by atoms with Gasteiger partial charge in [0.1, 0.15) is 0 Å². The number of rotatable bonds is 3. The van der Waals surface area contributed by atoms with Crippen molar-refractivity contribution in [2.75, 3.05) is 12.3 Å². The largest absolute Gasteiger partial charge is 0.398 e. The zero-order chi connectivity index (χ0) is 9.84. The van der Waals surface area contributed by atoms with E-state index >= 15 is 0 Å². The van der Waals surface area contributed by atoms with E-state index in [1.807, 2.05) is 0 Å². The van der Waals surface area contributed by atoms with Crippen LogP contribution in [0.1, 0.15) is 18.0 Å². The van der Waals surface area contributed by atoms with Crippen LogP contribution in [0.4, 0.5) is 5.69 Å². The van der Waals surface area contributed by atoms with E-state index in [1.54, 1.807) is 18.2 Å². The van der Waals surface area contributed by atoms with Crippen LogP contribution in [0.3, 0.4) is 0 Å². The van der Waals surface area contributed by atoms with Crippen molar-refractivity contribution in [1.29, 1.82) is 0 Å². The summed E-state index contributed by atoms with van der Waals surface area (Å²) in [6.45, 7) is 0.549. The minimum atomic E-state index is -0.122. The van der Waals surface area contributed by atoms with Crippen molar-refractivity contribution in [2.24, 2.45) is 11.5 Å². The Morgan fingerprint density at radius 2 is 2.08 bits per heavy atom. The predicted octanol–water partition coefficient (Wildman–Crippen LogP) is 1.27. The van der Waals surface area contributed by atoms with Crippen LogP contribution in [0.5, 0.6) is 0 Å². The molecule has 72 valence electrons. The molecule has 0 heterocycles. The molecule has 1 aromatic carbocycles. The van der Waals surface area contributed by atoms with Crippen LogP contribution in [0, 0.1) is 0 Å². The minimum Gasteiger partial charge on any atom is -0.398 e. The maximum absolute atomic E-state index is 5.86. The summed E-state index contributed by atoms with van der Waals surface area (Å²) < 4.78 is 0. The summed E-state index contributed by atoms with van der Waals surface area (Å²) in [6, 6.07) is 5.17. The highest BCUT2D eigenvalue weighted by Crippen LogP contribution is 2.24. The number of nitrogen functional groups attached to an aromatic ring is 1. The van der Waals surface area contributed by atoms with Crippen LogP contribution < -0.4 is 17.2 Å². The smallest absolute Gasteiger partial charge is 0.0410 e. The Bertz CT molecular complexity index is 288. The van der Waals surface area contributed by atoms with Gasteiger partial charge >= 0.3 is 0 Å². The highest BCUT2D eigenvalue weighted by molar-refractivity contribution is 6.30. The third kappa shape index (κ3) is 2.59. The Labute approximate surface area is 82.8 Å². The normalized spacial score (nSPS) is 12.8. The van der Waals surface area contributed by atoms with Gasteiger partial charge in [0, 0.05) is 16.8 Å². The lowest BCUT2D eigenvalue weighted by molar-refractivity contribution is 0.663. The van der Waals surface area contributed by atoms with E-state index in [0.717, 1.165) is 5.56 Å². The molecule has 4 heteroatoms. The van der Waals surface area contributed by atoms with Gasteiger partial charge in [-0.25, -0.2) is 0 Å². The van der Waals surface area contributed by atoms with Crippen LogP contribution >= 0.6 is 11.6 Å². The van der Waals surface area contributed by atoms with E-state index in [4.69, 9.17) is 28.8 Å². The summed E-state index contributed by atoms with van der Waals surface area (Å²) in [5, 5.41) is 0.650. The van der Waals surface area contributed by atoms with Crippen molar-refractivity contribution in [3.05, 3.63) is 28.8 Å². The highest BCUT2D eigenvalue weighted by Gasteiger charge is 2.08. The van der Waals surface area contributed by atoms with E-state index in [9.17, 15) is 0 Å². The molecule has 1 rings (SSSR count). The number of anilines is 1. The first-order valence-corrected chi connectivity index (χ1v) is 4.53. The standard InChI is InChI=1S/C9H14ClN3/c10-6-1-2-8(12)7(5-6)9(13)3-4-11/h1-2,5,9H,3-4,11-13H2/t9-/m1/s1. The van der Waals surface area contributed by atoms with Gasteiger partial charge in [-0.3, -0.25) is 0 Å². The van der Waals surface area contributed by atoms with E-state index in [1.165, 1.54) is 0 Å². The second kappa shape index (κ2) is 4.46. The molecule has 0 aliphatic rings. The third-order valence-corrected chi connectivity index (χ3v) is 2.16. The fourth-order valence-electron chi connectivity index (χ4n) is 1.20. The average Bonchev–Trinajstić information content (AvgIpc) is 2.09. The summed E-state index contributed by atoms with van der Waals surface area (Å²) in [5.74, 6) is 0. The minimum absolute atomic E-state index is 0.122. The fraction of sp³-hybridized carbons (Fsp3) is 0.333. The van der Waals surface area contributed by atoms with E-state index < -0.39 is 0 Å². The molecule has 13 heavy (non-hydrogen) atoms. The SMILES string of the molecule is NCC[C@@H](N)c1cc(Cl)ccc1N. The van der Waals surface area contributed by atoms with Crippen molar-refractivity contribution in [3.63, 3.8) is 0 Å². The molecule has 0 saturated carbocycles. The summed E-state index contributed by atoms with van der Waals surface area (Å²) >= 11 is 5.82. The lowest BCUT2D eigenvalue weighted by Crippen LogP contribution is -2.16. The van der Waals surface area contributed by atoms with Crippen molar-refractivity contribution < 1.29 is 0 Å². The van der Waals surface area contributed by atoms with Gasteiger partial charge in [-0.05, 0) is 36.7 Å². The van der Waals surface area contributed by atoms with Crippen LogP contribution in [-0.2, 0) is 0 Å². The molecule has 3 nitrogen and oxygen atoms in total. The van der Waals surface area contributed by atoms with Crippen LogP contribution in [0.15, 0.2) is 18.2 Å². The monoisotopic (exact) mass is 199 g/mol. The third-order valence-electron chi connectivity index (χ3n) is 1.93. The Hall–Kier alpha value is -0.770. The van der Waals surface area contributed by atoms with Gasteiger partial charge in [0.25, 0.3) is 0 Å². The first-order valence-electron chi connectivity index (χ1n) is 4.15. The molecule has 0 aliphatic carbocycles. The summed E-state index contributed by atoms with van der Waals surface area (Å²) in [5.41, 5.74) is 18.5. The molecule has 6 N–H and O–H groups in total. The molecule has 0 spiro atoms. The lowest BCUT2D eigenvalue weighted by Gasteiger charge is -2.13. The molecule has 0 aromatic heterocycles. The van der Waals surface area contributed by atoms with Gasteiger partial charge < -0.3 is 17.2 Å². The Morgan fingerprint density at radius 1 is 1.38 bits per heavy atom. The number of nitrogens with two attached hydrogens (primary N) is 3. The van der Waals surface area contributed by atoms with Crippen molar-refractivity contribution in [1.82, 2.24) is 0 Å². The molecular weight excluding hydrogens is 186 g/mol. The van der Waals surface area contributed by atoms with Gasteiger partial charge in [-0.2, -0.15) is 0 Å². The van der Waals surface area contributed by atoms with Crippen molar-refractivity contribution in [2.45, 2.75) is 12.5 Å². The predicted molar refractivity (Wildman–Crippen MR) is 56.5 cm³/mol. The van der Waals surface area contributed by atoms with Crippen molar-refractivity contribution in [3.8, 4) is 0 Å². The number of benzene rings is 1. The average molecular weight is 200 g/mol. The zero-order valence-corrected chi connectivity index (χ0v) is 8.09. The molecule has 0 fully saturated rings. The number of hydrogen-bond donors (Lipinski definition) is 3. The Kier molecular flexibility index (Phi) is 3.54. The molecule has 0 saturated heterocycles.